The topological polar surface area (TPSA) is 69.7 Å². The zero-order valence-electron chi connectivity index (χ0n) is 15.7. The fraction of sp³-hybridized carbons (Fsp3) is 0.190. The summed E-state index contributed by atoms with van der Waals surface area (Å²) in [6, 6.07) is 20.0. The molecule has 1 N–H and O–H groups in total. The van der Waals surface area contributed by atoms with Gasteiger partial charge in [-0.05, 0) is 47.8 Å². The van der Waals surface area contributed by atoms with Gasteiger partial charge in [0.15, 0.2) is 0 Å². The molecule has 6 nitrogen and oxygen atoms in total. The van der Waals surface area contributed by atoms with Gasteiger partial charge in [-0.3, -0.25) is 9.52 Å². The number of carbonyl (C=O) groups is 1. The molecular weight excluding hydrogens is 406 g/mol. The van der Waals surface area contributed by atoms with Crippen molar-refractivity contribution in [1.29, 1.82) is 0 Å². The van der Waals surface area contributed by atoms with Gasteiger partial charge < -0.3 is 9.80 Å². The number of carbonyl (C=O) groups excluding carboxylic acids is 1. The lowest BCUT2D eigenvalue weighted by Gasteiger charge is -2.36. The highest BCUT2D eigenvalue weighted by molar-refractivity contribution is 7.94. The minimum absolute atomic E-state index is 0.0367. The second-order valence-corrected chi connectivity index (χ2v) is 9.59. The molecule has 0 saturated carbocycles. The Kier molecular flexibility index (Phi) is 5.55. The number of sulfonamides is 1. The molecule has 0 bridgehead atoms. The van der Waals surface area contributed by atoms with Gasteiger partial charge in [0.1, 0.15) is 4.21 Å². The zero-order valence-corrected chi connectivity index (χ0v) is 17.3. The maximum atomic E-state index is 12.8. The van der Waals surface area contributed by atoms with Crippen molar-refractivity contribution in [3.05, 3.63) is 77.7 Å². The van der Waals surface area contributed by atoms with E-state index >= 15 is 0 Å². The fourth-order valence-electron chi connectivity index (χ4n) is 3.29. The molecule has 1 amide bonds. The third-order valence-electron chi connectivity index (χ3n) is 4.83. The number of hydrogen-bond acceptors (Lipinski definition) is 5. The van der Waals surface area contributed by atoms with Crippen LogP contribution in [-0.4, -0.2) is 45.4 Å². The monoisotopic (exact) mass is 427 g/mol. The van der Waals surface area contributed by atoms with E-state index in [1.807, 2.05) is 23.1 Å². The molecule has 4 rings (SSSR count). The second kappa shape index (κ2) is 8.26. The third kappa shape index (κ3) is 4.44. The third-order valence-corrected chi connectivity index (χ3v) is 7.61. The first-order valence-electron chi connectivity index (χ1n) is 9.29. The van der Waals surface area contributed by atoms with E-state index in [1.165, 1.54) is 5.69 Å². The summed E-state index contributed by atoms with van der Waals surface area (Å²) in [4.78, 5) is 16.9. The van der Waals surface area contributed by atoms with E-state index in [4.69, 9.17) is 0 Å². The summed E-state index contributed by atoms with van der Waals surface area (Å²) in [7, 11) is -3.59. The van der Waals surface area contributed by atoms with E-state index in [9.17, 15) is 13.2 Å². The first-order chi connectivity index (χ1) is 14.0. The molecule has 29 heavy (non-hydrogen) atoms. The van der Waals surface area contributed by atoms with Crippen LogP contribution >= 0.6 is 11.3 Å². The smallest absolute Gasteiger partial charge is 0.271 e. The number of hydrogen-bond donors (Lipinski definition) is 1. The van der Waals surface area contributed by atoms with Crippen LogP contribution in [0.25, 0.3) is 0 Å². The quantitative estimate of drug-likeness (QED) is 0.677. The highest BCUT2D eigenvalue weighted by Crippen LogP contribution is 2.21. The number of benzene rings is 2. The number of amides is 1. The molecule has 2 heterocycles. The summed E-state index contributed by atoms with van der Waals surface area (Å²) >= 11 is 1.16. The first-order valence-corrected chi connectivity index (χ1v) is 11.6. The number of anilines is 2. The van der Waals surface area contributed by atoms with Gasteiger partial charge >= 0.3 is 0 Å². The Bertz CT molecular complexity index is 1060. The molecule has 0 atom stereocenters. The Labute approximate surface area is 174 Å². The molecule has 2 aromatic carbocycles. The predicted molar refractivity (Wildman–Crippen MR) is 116 cm³/mol. The average molecular weight is 428 g/mol. The van der Waals surface area contributed by atoms with Gasteiger partial charge in [0, 0.05) is 43.1 Å². The molecule has 0 aliphatic carbocycles. The van der Waals surface area contributed by atoms with Crippen molar-refractivity contribution in [1.82, 2.24) is 4.90 Å². The van der Waals surface area contributed by atoms with E-state index < -0.39 is 10.0 Å². The van der Waals surface area contributed by atoms with Gasteiger partial charge in [0.2, 0.25) is 0 Å². The zero-order chi connectivity index (χ0) is 20.3. The van der Waals surface area contributed by atoms with Crippen LogP contribution < -0.4 is 9.62 Å². The lowest BCUT2D eigenvalue weighted by Crippen LogP contribution is -2.48. The predicted octanol–water partition coefficient (Wildman–Crippen LogP) is 3.51. The SMILES string of the molecule is O=C(c1ccc(NS(=O)(=O)c2cccs2)cc1)N1CCN(c2ccccc2)CC1. The Hall–Kier alpha value is -2.84. The number of para-hydroxylation sites is 1. The summed E-state index contributed by atoms with van der Waals surface area (Å²) in [5.41, 5.74) is 2.16. The summed E-state index contributed by atoms with van der Waals surface area (Å²) in [5.74, 6) is -0.0367. The molecule has 1 aliphatic heterocycles. The summed E-state index contributed by atoms with van der Waals surface area (Å²) in [6.07, 6.45) is 0. The van der Waals surface area contributed by atoms with Crippen LogP contribution in [0.2, 0.25) is 0 Å². The maximum Gasteiger partial charge on any atom is 0.271 e. The summed E-state index contributed by atoms with van der Waals surface area (Å²) in [6.45, 7) is 2.88. The minimum atomic E-state index is -3.59. The van der Waals surface area contributed by atoms with Crippen molar-refractivity contribution < 1.29 is 13.2 Å². The molecule has 3 aromatic rings. The van der Waals surface area contributed by atoms with Crippen molar-refractivity contribution in [2.24, 2.45) is 0 Å². The van der Waals surface area contributed by atoms with Crippen molar-refractivity contribution in [3.8, 4) is 0 Å². The van der Waals surface area contributed by atoms with Gasteiger partial charge in [0.05, 0.1) is 0 Å². The van der Waals surface area contributed by atoms with Gasteiger partial charge in [-0.15, -0.1) is 11.3 Å². The van der Waals surface area contributed by atoms with Gasteiger partial charge in [-0.2, -0.15) is 0 Å². The lowest BCUT2D eigenvalue weighted by atomic mass is 10.1. The molecule has 0 unspecified atom stereocenters. The molecule has 1 saturated heterocycles. The highest BCUT2D eigenvalue weighted by Gasteiger charge is 2.22. The van der Waals surface area contributed by atoms with E-state index in [1.54, 1.807) is 41.8 Å². The fourth-order valence-corrected chi connectivity index (χ4v) is 5.34. The second-order valence-electron chi connectivity index (χ2n) is 6.73. The normalized spacial score (nSPS) is 14.6. The van der Waals surface area contributed by atoms with E-state index in [0.29, 0.717) is 24.3 Å². The molecule has 1 fully saturated rings. The van der Waals surface area contributed by atoms with Crippen LogP contribution in [0.5, 0.6) is 0 Å². The minimum Gasteiger partial charge on any atom is -0.368 e. The number of nitrogens with one attached hydrogen (secondary N) is 1. The molecule has 1 aromatic heterocycles. The largest absolute Gasteiger partial charge is 0.368 e. The van der Waals surface area contributed by atoms with Crippen molar-refractivity contribution in [2.45, 2.75) is 4.21 Å². The van der Waals surface area contributed by atoms with Gasteiger partial charge in [0.25, 0.3) is 15.9 Å². The summed E-state index contributed by atoms with van der Waals surface area (Å²) in [5, 5.41) is 1.72. The standard InChI is InChI=1S/C21H21N3O3S2/c25-21(24-14-12-23(13-15-24)19-5-2-1-3-6-19)17-8-10-18(11-9-17)22-29(26,27)20-7-4-16-28-20/h1-11,16,22H,12-15H2. The average Bonchev–Trinajstić information content (AvgIpc) is 3.30. The molecule has 8 heteroatoms. The molecule has 1 aliphatic rings. The first kappa shape index (κ1) is 19.5. The van der Waals surface area contributed by atoms with Crippen LogP contribution in [-0.2, 0) is 10.0 Å². The van der Waals surface area contributed by atoms with E-state index in [2.05, 4.69) is 21.8 Å². The van der Waals surface area contributed by atoms with Crippen LogP contribution in [0.15, 0.2) is 76.3 Å². The molecule has 0 radical (unpaired) electrons. The van der Waals surface area contributed by atoms with E-state index in [-0.39, 0.29) is 10.1 Å². The van der Waals surface area contributed by atoms with Crippen LogP contribution in [0.3, 0.4) is 0 Å². The van der Waals surface area contributed by atoms with E-state index in [0.717, 1.165) is 24.4 Å². The summed E-state index contributed by atoms with van der Waals surface area (Å²) < 4.78 is 27.4. The highest BCUT2D eigenvalue weighted by atomic mass is 32.2. The number of thiophene rings is 1. The van der Waals surface area contributed by atoms with Gasteiger partial charge in [-0.25, -0.2) is 8.42 Å². The molecular formula is C21H21N3O3S2. The Balaban J connectivity index is 1.37. The number of rotatable bonds is 5. The Morgan fingerprint density at radius 1 is 0.862 bits per heavy atom. The van der Waals surface area contributed by atoms with Crippen LogP contribution in [0.1, 0.15) is 10.4 Å². The van der Waals surface area contributed by atoms with Crippen LogP contribution in [0, 0.1) is 0 Å². The molecule has 0 spiro atoms. The van der Waals surface area contributed by atoms with Crippen molar-refractivity contribution >= 4 is 38.6 Å². The van der Waals surface area contributed by atoms with Crippen molar-refractivity contribution in [3.63, 3.8) is 0 Å². The maximum absolute atomic E-state index is 12.8. The molecule has 150 valence electrons. The van der Waals surface area contributed by atoms with Crippen molar-refractivity contribution in [2.75, 3.05) is 35.8 Å². The number of nitrogens with zero attached hydrogens (tertiary/aromatic N) is 2. The lowest BCUT2D eigenvalue weighted by molar-refractivity contribution is 0.0747. The Morgan fingerprint density at radius 2 is 1.55 bits per heavy atom. The Morgan fingerprint density at radius 3 is 2.17 bits per heavy atom. The number of piperazine rings is 1. The van der Waals surface area contributed by atoms with Gasteiger partial charge in [-0.1, -0.05) is 24.3 Å². The van der Waals surface area contributed by atoms with Crippen LogP contribution in [0.4, 0.5) is 11.4 Å².